The van der Waals surface area contributed by atoms with Crippen molar-refractivity contribution in [3.63, 3.8) is 0 Å². The number of ether oxygens (including phenoxy) is 1. The Bertz CT molecular complexity index is 593. The molecule has 27 heavy (non-hydrogen) atoms. The molecule has 0 fully saturated rings. The van der Waals surface area contributed by atoms with Gasteiger partial charge in [0.2, 0.25) is 5.91 Å². The normalized spacial score (nSPS) is 11.1. The minimum absolute atomic E-state index is 0.0562. The van der Waals surface area contributed by atoms with Crippen LogP contribution in [0.5, 0.6) is 5.75 Å². The van der Waals surface area contributed by atoms with Gasteiger partial charge in [-0.15, -0.1) is 0 Å². The smallest absolute Gasteiger partial charge is 0.273 e. The standard InChI is InChI=1S/C22H36N2O3/c1-6-7-8-9-10-11-12-17-20(25)24(22(2,3)4)23-21(26)18-15-13-14-16-19(18)27-5/h13-16H,6-12,17H2,1-5H3,(H,23,26). The number of rotatable bonds is 10. The van der Waals surface area contributed by atoms with Crippen LogP contribution >= 0.6 is 0 Å². The number of amides is 2. The third-order valence-electron chi connectivity index (χ3n) is 4.48. The Balaban J connectivity index is 2.62. The molecule has 1 aromatic rings. The van der Waals surface area contributed by atoms with Gasteiger partial charge in [0.15, 0.2) is 0 Å². The molecule has 0 aliphatic heterocycles. The molecule has 2 amide bonds. The maximum absolute atomic E-state index is 12.7. The van der Waals surface area contributed by atoms with Crippen molar-refractivity contribution >= 4 is 11.8 Å². The van der Waals surface area contributed by atoms with Crippen LogP contribution in [0.3, 0.4) is 0 Å². The van der Waals surface area contributed by atoms with Gasteiger partial charge < -0.3 is 4.74 Å². The number of methoxy groups -OCH3 is 1. The van der Waals surface area contributed by atoms with Gasteiger partial charge in [-0.25, -0.2) is 5.01 Å². The van der Waals surface area contributed by atoms with Crippen molar-refractivity contribution < 1.29 is 14.3 Å². The Labute approximate surface area is 164 Å². The fraction of sp³-hybridized carbons (Fsp3) is 0.636. The lowest BCUT2D eigenvalue weighted by Gasteiger charge is -2.35. The number of hydrogen-bond acceptors (Lipinski definition) is 3. The van der Waals surface area contributed by atoms with Crippen LogP contribution in [0.4, 0.5) is 0 Å². The van der Waals surface area contributed by atoms with Crippen LogP contribution in [0, 0.1) is 0 Å². The van der Waals surface area contributed by atoms with Crippen LogP contribution in [0.1, 0.15) is 89.4 Å². The summed E-state index contributed by atoms with van der Waals surface area (Å²) >= 11 is 0. The van der Waals surface area contributed by atoms with Crippen LogP contribution < -0.4 is 10.2 Å². The van der Waals surface area contributed by atoms with Gasteiger partial charge in [0.1, 0.15) is 5.75 Å². The average Bonchev–Trinajstić information content (AvgIpc) is 2.64. The van der Waals surface area contributed by atoms with Crippen molar-refractivity contribution in [2.45, 2.75) is 84.6 Å². The van der Waals surface area contributed by atoms with Gasteiger partial charge in [0, 0.05) is 6.42 Å². The topological polar surface area (TPSA) is 58.6 Å². The summed E-state index contributed by atoms with van der Waals surface area (Å²) in [4.78, 5) is 25.4. The molecule has 0 unspecified atom stereocenters. The summed E-state index contributed by atoms with van der Waals surface area (Å²) in [5, 5.41) is 1.46. The first kappa shape index (κ1) is 23.0. The number of benzene rings is 1. The monoisotopic (exact) mass is 376 g/mol. The Morgan fingerprint density at radius 1 is 1.00 bits per heavy atom. The van der Waals surface area contributed by atoms with Crippen molar-refractivity contribution in [2.75, 3.05) is 7.11 Å². The summed E-state index contributed by atoms with van der Waals surface area (Å²) < 4.78 is 5.25. The molecule has 0 aliphatic carbocycles. The van der Waals surface area contributed by atoms with Gasteiger partial charge in [-0.2, -0.15) is 0 Å². The number of carbonyl (C=O) groups is 2. The van der Waals surface area contributed by atoms with Crippen molar-refractivity contribution in [2.24, 2.45) is 0 Å². The predicted molar refractivity (Wildman–Crippen MR) is 110 cm³/mol. The molecule has 0 atom stereocenters. The van der Waals surface area contributed by atoms with Gasteiger partial charge in [0.25, 0.3) is 5.91 Å². The zero-order chi connectivity index (χ0) is 20.3. The molecule has 152 valence electrons. The molecule has 0 heterocycles. The molecule has 0 radical (unpaired) electrons. The molecule has 5 heteroatoms. The summed E-state index contributed by atoms with van der Waals surface area (Å²) in [5.74, 6) is 0.0954. The number of carbonyl (C=O) groups excluding carboxylic acids is 2. The lowest BCUT2D eigenvalue weighted by Crippen LogP contribution is -2.55. The maximum atomic E-state index is 12.7. The molecule has 0 aromatic heterocycles. The van der Waals surface area contributed by atoms with Gasteiger partial charge in [-0.1, -0.05) is 57.6 Å². The fourth-order valence-corrected chi connectivity index (χ4v) is 2.94. The van der Waals surface area contributed by atoms with Crippen molar-refractivity contribution in [1.82, 2.24) is 10.4 Å². The highest BCUT2D eigenvalue weighted by Gasteiger charge is 2.28. The van der Waals surface area contributed by atoms with Crippen LogP contribution in [-0.2, 0) is 4.79 Å². The highest BCUT2D eigenvalue weighted by molar-refractivity contribution is 5.98. The van der Waals surface area contributed by atoms with Crippen LogP contribution in [0.25, 0.3) is 0 Å². The molecular weight excluding hydrogens is 340 g/mol. The van der Waals surface area contributed by atoms with E-state index in [2.05, 4.69) is 12.3 Å². The largest absolute Gasteiger partial charge is 0.496 e. The minimum atomic E-state index is -0.504. The van der Waals surface area contributed by atoms with Gasteiger partial charge in [-0.05, 0) is 39.3 Å². The van der Waals surface area contributed by atoms with E-state index in [1.165, 1.54) is 37.8 Å². The Morgan fingerprint density at radius 3 is 2.19 bits per heavy atom. The van der Waals surface area contributed by atoms with Crippen molar-refractivity contribution in [3.8, 4) is 5.75 Å². The van der Waals surface area contributed by atoms with Crippen molar-refractivity contribution in [1.29, 1.82) is 0 Å². The van der Waals surface area contributed by atoms with Crippen LogP contribution in [-0.4, -0.2) is 29.5 Å². The zero-order valence-electron chi connectivity index (χ0n) is 17.6. The van der Waals surface area contributed by atoms with E-state index in [-0.39, 0.29) is 11.8 Å². The van der Waals surface area contributed by atoms with E-state index < -0.39 is 5.54 Å². The van der Waals surface area contributed by atoms with E-state index in [9.17, 15) is 9.59 Å². The number of hydrogen-bond donors (Lipinski definition) is 1. The quantitative estimate of drug-likeness (QED) is 0.456. The summed E-state index contributed by atoms with van der Waals surface area (Å²) in [5.41, 5.74) is 2.69. The summed E-state index contributed by atoms with van der Waals surface area (Å²) in [6.45, 7) is 7.95. The zero-order valence-corrected chi connectivity index (χ0v) is 17.6. The first-order valence-corrected chi connectivity index (χ1v) is 10.1. The van der Waals surface area contributed by atoms with E-state index in [0.717, 1.165) is 19.3 Å². The summed E-state index contributed by atoms with van der Waals surface area (Å²) in [6, 6.07) is 7.01. The fourth-order valence-electron chi connectivity index (χ4n) is 2.94. The number of para-hydroxylation sites is 1. The second-order valence-corrected chi connectivity index (χ2v) is 7.91. The van der Waals surface area contributed by atoms with Crippen LogP contribution in [0.15, 0.2) is 24.3 Å². The third-order valence-corrected chi connectivity index (χ3v) is 4.48. The first-order valence-electron chi connectivity index (χ1n) is 10.1. The molecule has 1 aromatic carbocycles. The second kappa shape index (κ2) is 11.6. The van der Waals surface area contributed by atoms with E-state index in [1.54, 1.807) is 18.2 Å². The van der Waals surface area contributed by atoms with E-state index >= 15 is 0 Å². The first-order chi connectivity index (χ1) is 12.8. The molecule has 0 bridgehead atoms. The van der Waals surface area contributed by atoms with E-state index in [1.807, 2.05) is 26.8 Å². The molecule has 1 rings (SSSR count). The molecular formula is C22H36N2O3. The molecule has 0 spiro atoms. The summed E-state index contributed by atoms with van der Waals surface area (Å²) in [6.07, 6.45) is 8.53. The highest BCUT2D eigenvalue weighted by atomic mass is 16.5. The molecule has 0 saturated heterocycles. The van der Waals surface area contributed by atoms with E-state index in [0.29, 0.717) is 17.7 Å². The predicted octanol–water partition coefficient (Wildman–Crippen LogP) is 5.11. The highest BCUT2D eigenvalue weighted by Crippen LogP contribution is 2.19. The number of hydrazine groups is 1. The molecule has 5 nitrogen and oxygen atoms in total. The lowest BCUT2D eigenvalue weighted by atomic mass is 10.1. The van der Waals surface area contributed by atoms with Crippen molar-refractivity contribution in [3.05, 3.63) is 29.8 Å². The van der Waals surface area contributed by atoms with E-state index in [4.69, 9.17) is 4.74 Å². The molecule has 0 saturated carbocycles. The Hall–Kier alpha value is -2.04. The maximum Gasteiger partial charge on any atom is 0.273 e. The Kier molecular flexibility index (Phi) is 9.90. The van der Waals surface area contributed by atoms with Gasteiger partial charge in [0.05, 0.1) is 18.2 Å². The Morgan fingerprint density at radius 2 is 1.59 bits per heavy atom. The second-order valence-electron chi connectivity index (χ2n) is 7.91. The molecule has 1 N–H and O–H groups in total. The average molecular weight is 377 g/mol. The number of nitrogens with one attached hydrogen (secondary N) is 1. The summed E-state index contributed by atoms with van der Waals surface area (Å²) in [7, 11) is 1.53. The third kappa shape index (κ3) is 8.02. The van der Waals surface area contributed by atoms with Gasteiger partial charge in [-0.3, -0.25) is 15.0 Å². The molecule has 0 aliphatic rings. The minimum Gasteiger partial charge on any atom is -0.496 e. The lowest BCUT2D eigenvalue weighted by molar-refractivity contribution is -0.139. The van der Waals surface area contributed by atoms with Gasteiger partial charge >= 0.3 is 0 Å². The van der Waals surface area contributed by atoms with Crippen LogP contribution in [0.2, 0.25) is 0 Å². The SMILES string of the molecule is CCCCCCCCCC(=O)N(NC(=O)c1ccccc1OC)C(C)(C)C. The number of nitrogens with zero attached hydrogens (tertiary/aromatic N) is 1. The number of unbranched alkanes of at least 4 members (excludes halogenated alkanes) is 6.